The molecule has 1 fully saturated rings. The number of hydrogen-bond acceptors (Lipinski definition) is 8. The van der Waals surface area contributed by atoms with Gasteiger partial charge in [0, 0.05) is 5.02 Å². The molecule has 0 saturated carbocycles. The lowest BCUT2D eigenvalue weighted by atomic mass is 9.98. The summed E-state index contributed by atoms with van der Waals surface area (Å²) in [6.45, 7) is -0.606. The fraction of sp³-hybridized carbons (Fsp3) is 0.333. The molecule has 11 heteroatoms. The van der Waals surface area contributed by atoms with Crippen molar-refractivity contribution in [1.82, 2.24) is 0 Å². The van der Waals surface area contributed by atoms with E-state index in [0.717, 1.165) is 0 Å². The number of aliphatic hydroxyl groups is 4. The SMILES string of the molecule is OC[C@@H]1O[C@H](N(O)c2ccc(Oc3c(Cl)cc(Cl)cc3Cl)cc2)[C@H](O)[C@H](O)[C@@H]1O. The van der Waals surface area contributed by atoms with E-state index < -0.39 is 37.3 Å². The molecule has 1 aliphatic rings. The summed E-state index contributed by atoms with van der Waals surface area (Å²) in [5, 5.41) is 50.8. The van der Waals surface area contributed by atoms with Crippen molar-refractivity contribution >= 4 is 40.5 Å². The molecule has 1 saturated heterocycles. The van der Waals surface area contributed by atoms with Crippen molar-refractivity contribution in [2.24, 2.45) is 0 Å². The van der Waals surface area contributed by atoms with Gasteiger partial charge < -0.3 is 29.9 Å². The molecule has 5 N–H and O–H groups in total. The van der Waals surface area contributed by atoms with E-state index in [2.05, 4.69) is 0 Å². The highest BCUT2D eigenvalue weighted by atomic mass is 35.5. The molecule has 0 radical (unpaired) electrons. The summed E-state index contributed by atoms with van der Waals surface area (Å²) >= 11 is 18.0. The summed E-state index contributed by atoms with van der Waals surface area (Å²) in [6.07, 6.45) is -7.33. The van der Waals surface area contributed by atoms with Crippen molar-refractivity contribution < 1.29 is 35.1 Å². The predicted molar refractivity (Wildman–Crippen MR) is 106 cm³/mol. The van der Waals surface area contributed by atoms with Crippen molar-refractivity contribution in [1.29, 1.82) is 0 Å². The molecular weight excluding hydrogens is 449 g/mol. The van der Waals surface area contributed by atoms with Crippen LogP contribution in [0.5, 0.6) is 11.5 Å². The highest BCUT2D eigenvalue weighted by Crippen LogP contribution is 2.39. The van der Waals surface area contributed by atoms with E-state index in [0.29, 0.717) is 15.8 Å². The lowest BCUT2D eigenvalue weighted by molar-refractivity contribution is -0.240. The van der Waals surface area contributed by atoms with Crippen LogP contribution in [0.25, 0.3) is 0 Å². The third-order valence-electron chi connectivity index (χ3n) is 4.39. The number of benzene rings is 2. The Balaban J connectivity index is 1.76. The van der Waals surface area contributed by atoms with Crippen molar-refractivity contribution in [3.63, 3.8) is 0 Å². The fourth-order valence-electron chi connectivity index (χ4n) is 2.84. The molecule has 0 spiro atoms. The van der Waals surface area contributed by atoms with Gasteiger partial charge in [0.1, 0.15) is 30.2 Å². The number of nitrogens with zero attached hydrogens (tertiary/aromatic N) is 1. The van der Waals surface area contributed by atoms with E-state index >= 15 is 0 Å². The lowest BCUT2D eigenvalue weighted by Crippen LogP contribution is -2.62. The highest BCUT2D eigenvalue weighted by Gasteiger charge is 2.45. The minimum Gasteiger partial charge on any atom is -0.454 e. The summed E-state index contributed by atoms with van der Waals surface area (Å²) in [7, 11) is 0. The fourth-order valence-corrected chi connectivity index (χ4v) is 3.74. The largest absolute Gasteiger partial charge is 0.454 e. The number of halogens is 3. The lowest BCUT2D eigenvalue weighted by Gasteiger charge is -2.42. The standard InChI is InChI=1S/C18H18Cl3NO7/c19-8-5-11(20)17(12(21)6-8)28-10-3-1-9(2-4-10)22(27)18-16(26)15(25)14(24)13(7-23)29-18/h1-6,13-16,18,23-27H,7H2/t13-,14+,15+,16+,18-/m0/s1. The van der Waals surface area contributed by atoms with E-state index in [-0.39, 0.29) is 21.5 Å². The van der Waals surface area contributed by atoms with E-state index in [9.17, 15) is 25.6 Å². The molecule has 0 bridgehead atoms. The van der Waals surface area contributed by atoms with Crippen LogP contribution in [0.3, 0.4) is 0 Å². The van der Waals surface area contributed by atoms with Gasteiger partial charge in [0.25, 0.3) is 0 Å². The second-order valence-electron chi connectivity index (χ2n) is 6.36. The Morgan fingerprint density at radius 2 is 1.52 bits per heavy atom. The maximum atomic E-state index is 10.4. The van der Waals surface area contributed by atoms with Gasteiger partial charge in [-0.3, -0.25) is 5.21 Å². The first kappa shape index (κ1) is 22.4. The molecule has 0 unspecified atom stereocenters. The summed E-state index contributed by atoms with van der Waals surface area (Å²) in [6, 6.07) is 8.87. The van der Waals surface area contributed by atoms with E-state index in [1.165, 1.54) is 36.4 Å². The van der Waals surface area contributed by atoms with Gasteiger partial charge >= 0.3 is 0 Å². The van der Waals surface area contributed by atoms with Gasteiger partial charge in [0.2, 0.25) is 0 Å². The average molecular weight is 467 g/mol. The normalized spacial score (nSPS) is 27.0. The zero-order valence-electron chi connectivity index (χ0n) is 14.7. The predicted octanol–water partition coefficient (Wildman–Crippen LogP) is 2.43. The molecule has 8 nitrogen and oxygen atoms in total. The first-order chi connectivity index (χ1) is 13.7. The van der Waals surface area contributed by atoms with E-state index in [1.54, 1.807) is 0 Å². The Morgan fingerprint density at radius 3 is 2.07 bits per heavy atom. The minimum absolute atomic E-state index is 0.190. The molecule has 158 valence electrons. The smallest absolute Gasteiger partial charge is 0.182 e. The third kappa shape index (κ3) is 4.72. The Morgan fingerprint density at radius 1 is 0.931 bits per heavy atom. The summed E-state index contributed by atoms with van der Waals surface area (Å²) < 4.78 is 11.0. The van der Waals surface area contributed by atoms with Gasteiger partial charge in [-0.05, 0) is 36.4 Å². The molecule has 0 amide bonds. The van der Waals surface area contributed by atoms with Crippen LogP contribution < -0.4 is 9.80 Å². The van der Waals surface area contributed by atoms with Gasteiger partial charge in [0.05, 0.1) is 22.3 Å². The maximum Gasteiger partial charge on any atom is 0.182 e. The molecule has 0 aliphatic carbocycles. The van der Waals surface area contributed by atoms with Gasteiger partial charge in [-0.1, -0.05) is 34.8 Å². The average Bonchev–Trinajstić information content (AvgIpc) is 2.69. The quantitative estimate of drug-likeness (QED) is 0.426. The van der Waals surface area contributed by atoms with E-state index in [4.69, 9.17) is 44.3 Å². The number of aliphatic hydroxyl groups excluding tert-OH is 4. The van der Waals surface area contributed by atoms with Crippen LogP contribution in [0, 0.1) is 0 Å². The van der Waals surface area contributed by atoms with Crippen molar-refractivity contribution in [2.75, 3.05) is 11.7 Å². The topological polar surface area (TPSA) is 123 Å². The molecular formula is C18H18Cl3NO7. The van der Waals surface area contributed by atoms with E-state index in [1.807, 2.05) is 0 Å². The highest BCUT2D eigenvalue weighted by molar-refractivity contribution is 6.40. The minimum atomic E-state index is -1.62. The number of rotatable bonds is 5. The van der Waals surface area contributed by atoms with Crippen LogP contribution in [0.1, 0.15) is 0 Å². The van der Waals surface area contributed by atoms with Crippen molar-refractivity contribution in [3.8, 4) is 11.5 Å². The Bertz CT molecular complexity index is 829. The van der Waals surface area contributed by atoms with Crippen LogP contribution >= 0.6 is 34.8 Å². The van der Waals surface area contributed by atoms with Gasteiger partial charge in [-0.2, -0.15) is 0 Å². The van der Waals surface area contributed by atoms with Gasteiger partial charge in [-0.25, -0.2) is 5.06 Å². The zero-order chi connectivity index (χ0) is 21.3. The van der Waals surface area contributed by atoms with Crippen LogP contribution in [-0.4, -0.2) is 62.9 Å². The molecule has 3 rings (SSSR count). The second kappa shape index (κ2) is 9.22. The molecule has 2 aromatic carbocycles. The van der Waals surface area contributed by atoms with Crippen LogP contribution in [0.4, 0.5) is 5.69 Å². The first-order valence-corrected chi connectivity index (χ1v) is 9.57. The van der Waals surface area contributed by atoms with Crippen molar-refractivity contribution in [2.45, 2.75) is 30.6 Å². The summed E-state index contributed by atoms with van der Waals surface area (Å²) in [5.41, 5.74) is 0.190. The van der Waals surface area contributed by atoms with Gasteiger partial charge in [0.15, 0.2) is 12.0 Å². The maximum absolute atomic E-state index is 10.4. The van der Waals surface area contributed by atoms with Crippen LogP contribution in [0.2, 0.25) is 15.1 Å². The second-order valence-corrected chi connectivity index (χ2v) is 7.61. The monoisotopic (exact) mass is 465 g/mol. The molecule has 1 aliphatic heterocycles. The molecule has 0 aromatic heterocycles. The molecule has 29 heavy (non-hydrogen) atoms. The summed E-state index contributed by atoms with van der Waals surface area (Å²) in [5.74, 6) is 0.558. The number of anilines is 1. The molecule has 2 aromatic rings. The zero-order valence-corrected chi connectivity index (χ0v) is 17.0. The van der Waals surface area contributed by atoms with Crippen molar-refractivity contribution in [3.05, 3.63) is 51.5 Å². The van der Waals surface area contributed by atoms with Crippen LogP contribution in [-0.2, 0) is 4.74 Å². The Labute approximate surface area is 180 Å². The first-order valence-electron chi connectivity index (χ1n) is 8.44. The number of ether oxygens (including phenoxy) is 2. The van der Waals surface area contributed by atoms with Crippen LogP contribution in [0.15, 0.2) is 36.4 Å². The Kier molecular flexibility index (Phi) is 7.10. The molecule has 5 atom stereocenters. The number of hydroxylamine groups is 1. The Hall–Kier alpha value is -1.33. The molecule has 1 heterocycles. The summed E-state index contributed by atoms with van der Waals surface area (Å²) in [4.78, 5) is 0. The third-order valence-corrected chi connectivity index (χ3v) is 5.17. The number of hydrogen-bond donors (Lipinski definition) is 5. The van der Waals surface area contributed by atoms with Gasteiger partial charge in [-0.15, -0.1) is 0 Å².